The molecule has 6 heteroatoms. The minimum Gasteiger partial charge on any atom is -0.484 e. The van der Waals surface area contributed by atoms with Gasteiger partial charge in [0, 0.05) is 16.2 Å². The Hall–Kier alpha value is -3.12. The van der Waals surface area contributed by atoms with Crippen LogP contribution in [0.15, 0.2) is 68.3 Å². The Labute approximate surface area is 175 Å². The van der Waals surface area contributed by atoms with Gasteiger partial charge in [0.2, 0.25) is 5.43 Å². The summed E-state index contributed by atoms with van der Waals surface area (Å²) in [5, 5.41) is 3.80. The Kier molecular flexibility index (Phi) is 5.11. The van der Waals surface area contributed by atoms with Gasteiger partial charge in [-0.1, -0.05) is 22.0 Å². The molecule has 0 saturated heterocycles. The highest BCUT2D eigenvalue weighted by Gasteiger charge is 2.11. The predicted molar refractivity (Wildman–Crippen MR) is 118 cm³/mol. The molecule has 3 aromatic carbocycles. The van der Waals surface area contributed by atoms with Crippen molar-refractivity contribution in [1.82, 2.24) is 0 Å². The van der Waals surface area contributed by atoms with Crippen molar-refractivity contribution in [2.45, 2.75) is 13.8 Å². The first-order chi connectivity index (χ1) is 13.9. The molecule has 4 rings (SSSR count). The number of halogens is 1. The van der Waals surface area contributed by atoms with Gasteiger partial charge in [0.1, 0.15) is 16.9 Å². The van der Waals surface area contributed by atoms with E-state index in [1.165, 1.54) is 0 Å². The van der Waals surface area contributed by atoms with Crippen LogP contribution < -0.4 is 15.5 Å². The van der Waals surface area contributed by atoms with Crippen LogP contribution in [0.2, 0.25) is 0 Å². The summed E-state index contributed by atoms with van der Waals surface area (Å²) >= 11 is 3.36. The molecular weight excluding hydrogens is 434 g/mol. The Morgan fingerprint density at radius 1 is 1.00 bits per heavy atom. The number of hydrogen-bond acceptors (Lipinski definition) is 4. The smallest absolute Gasteiger partial charge is 0.262 e. The first kappa shape index (κ1) is 19.2. The lowest BCUT2D eigenvalue weighted by molar-refractivity contribution is -0.118. The number of benzene rings is 3. The third-order valence-corrected chi connectivity index (χ3v) is 5.23. The van der Waals surface area contributed by atoms with Gasteiger partial charge in [0.05, 0.1) is 10.8 Å². The zero-order chi connectivity index (χ0) is 20.5. The van der Waals surface area contributed by atoms with Crippen LogP contribution >= 0.6 is 15.9 Å². The van der Waals surface area contributed by atoms with Gasteiger partial charge in [-0.05, 0) is 67.4 Å². The number of amides is 1. The molecule has 0 spiro atoms. The minimum atomic E-state index is -0.307. The average Bonchev–Trinajstić information content (AvgIpc) is 2.68. The molecule has 0 aliphatic rings. The number of hydrogen-bond donors (Lipinski definition) is 1. The van der Waals surface area contributed by atoms with Gasteiger partial charge < -0.3 is 14.5 Å². The fourth-order valence-corrected chi connectivity index (χ4v) is 3.47. The Balaban J connectivity index is 1.58. The molecule has 0 aliphatic carbocycles. The lowest BCUT2D eigenvalue weighted by Gasteiger charge is -2.09. The quantitative estimate of drug-likeness (QED) is 0.425. The van der Waals surface area contributed by atoms with Crippen molar-refractivity contribution < 1.29 is 13.9 Å². The summed E-state index contributed by atoms with van der Waals surface area (Å²) in [4.78, 5) is 25.0. The lowest BCUT2D eigenvalue weighted by atomic mass is 10.1. The molecule has 29 heavy (non-hydrogen) atoms. The molecule has 0 bridgehead atoms. The molecule has 1 N–H and O–H groups in total. The molecule has 0 unspecified atom stereocenters. The maximum absolute atomic E-state index is 12.8. The van der Waals surface area contributed by atoms with Gasteiger partial charge in [-0.15, -0.1) is 0 Å². The van der Waals surface area contributed by atoms with Gasteiger partial charge in [0.15, 0.2) is 6.61 Å². The Bertz CT molecular complexity index is 1310. The van der Waals surface area contributed by atoms with Crippen LogP contribution in [0.25, 0.3) is 21.9 Å². The van der Waals surface area contributed by atoms with Crippen LogP contribution in [0.5, 0.6) is 5.75 Å². The predicted octanol–water partition coefficient (Wildman–Crippen LogP) is 5.34. The summed E-state index contributed by atoms with van der Waals surface area (Å²) in [6.07, 6.45) is 0. The number of carbonyl (C=O) groups excluding carboxylic acids is 1. The molecular formula is C23H18BrNO4. The van der Waals surface area contributed by atoms with E-state index >= 15 is 0 Å². The number of carbonyl (C=O) groups is 1. The Morgan fingerprint density at radius 2 is 1.76 bits per heavy atom. The monoisotopic (exact) mass is 451 g/mol. The molecule has 0 fully saturated rings. The number of nitrogens with one attached hydrogen (secondary N) is 1. The second-order valence-corrected chi connectivity index (χ2v) is 7.78. The summed E-state index contributed by atoms with van der Waals surface area (Å²) in [5.41, 5.74) is 3.50. The van der Waals surface area contributed by atoms with Crippen molar-refractivity contribution in [3.05, 3.63) is 80.4 Å². The maximum atomic E-state index is 12.8. The van der Waals surface area contributed by atoms with Crippen molar-refractivity contribution in [2.24, 2.45) is 0 Å². The molecule has 4 aromatic rings. The normalized spacial score (nSPS) is 11.0. The third-order valence-electron chi connectivity index (χ3n) is 4.74. The lowest BCUT2D eigenvalue weighted by Crippen LogP contribution is -2.20. The molecule has 146 valence electrons. The van der Waals surface area contributed by atoms with E-state index in [2.05, 4.69) is 21.2 Å². The van der Waals surface area contributed by atoms with E-state index in [0.29, 0.717) is 33.4 Å². The van der Waals surface area contributed by atoms with E-state index in [0.717, 1.165) is 15.6 Å². The van der Waals surface area contributed by atoms with Crippen LogP contribution in [0.3, 0.4) is 0 Å². The minimum absolute atomic E-state index is 0.0831. The molecule has 1 aromatic heterocycles. The molecule has 0 radical (unpaired) electrons. The van der Waals surface area contributed by atoms with Crippen molar-refractivity contribution in [1.29, 1.82) is 0 Å². The van der Waals surface area contributed by atoms with Crippen LogP contribution in [0.4, 0.5) is 5.69 Å². The van der Waals surface area contributed by atoms with Gasteiger partial charge in [-0.25, -0.2) is 0 Å². The van der Waals surface area contributed by atoms with Crippen LogP contribution in [0.1, 0.15) is 11.1 Å². The summed E-state index contributed by atoms with van der Waals surface area (Å²) in [6.45, 7) is 3.81. The highest BCUT2D eigenvalue weighted by molar-refractivity contribution is 9.10. The summed E-state index contributed by atoms with van der Waals surface area (Å²) in [7, 11) is 0. The van der Waals surface area contributed by atoms with Crippen molar-refractivity contribution in [2.75, 3.05) is 11.9 Å². The zero-order valence-corrected chi connectivity index (χ0v) is 17.5. The first-order valence-corrected chi connectivity index (χ1v) is 9.86. The largest absolute Gasteiger partial charge is 0.484 e. The van der Waals surface area contributed by atoms with E-state index in [1.807, 2.05) is 38.1 Å². The standard InChI is InChI=1S/C23H18BrNO4/c1-13-8-19-20(9-14(13)2)29-21-11-16(6-7-18(21)23(19)27)25-22(26)12-28-17-5-3-4-15(24)10-17/h3-11H,12H2,1-2H3,(H,25,26). The van der Waals surface area contributed by atoms with E-state index in [-0.39, 0.29) is 17.9 Å². The fraction of sp³-hybridized carbons (Fsp3) is 0.130. The Morgan fingerprint density at radius 3 is 2.55 bits per heavy atom. The van der Waals surface area contributed by atoms with Crippen LogP contribution in [0, 0.1) is 13.8 Å². The van der Waals surface area contributed by atoms with Crippen molar-refractivity contribution in [3.63, 3.8) is 0 Å². The topological polar surface area (TPSA) is 68.5 Å². The number of anilines is 1. The first-order valence-electron chi connectivity index (χ1n) is 9.07. The average molecular weight is 452 g/mol. The number of rotatable bonds is 4. The molecule has 0 atom stereocenters. The molecule has 0 saturated carbocycles. The van der Waals surface area contributed by atoms with Gasteiger partial charge in [0.25, 0.3) is 5.91 Å². The van der Waals surface area contributed by atoms with E-state index in [4.69, 9.17) is 9.15 Å². The van der Waals surface area contributed by atoms with E-state index in [1.54, 1.807) is 30.3 Å². The maximum Gasteiger partial charge on any atom is 0.262 e. The SMILES string of the molecule is Cc1cc2oc3cc(NC(=O)COc4cccc(Br)c4)ccc3c(=O)c2cc1C. The van der Waals surface area contributed by atoms with Gasteiger partial charge in [-0.2, -0.15) is 0 Å². The van der Waals surface area contributed by atoms with Crippen LogP contribution in [-0.2, 0) is 4.79 Å². The number of fused-ring (bicyclic) bond motifs is 2. The molecule has 1 heterocycles. The van der Waals surface area contributed by atoms with Crippen molar-refractivity contribution >= 4 is 49.5 Å². The zero-order valence-electron chi connectivity index (χ0n) is 15.9. The second-order valence-electron chi connectivity index (χ2n) is 6.87. The number of aryl methyl sites for hydroxylation is 2. The fourth-order valence-electron chi connectivity index (χ4n) is 3.09. The summed E-state index contributed by atoms with van der Waals surface area (Å²) in [5.74, 6) is 0.287. The highest BCUT2D eigenvalue weighted by Crippen LogP contribution is 2.24. The van der Waals surface area contributed by atoms with Crippen molar-refractivity contribution in [3.8, 4) is 5.75 Å². The van der Waals surface area contributed by atoms with E-state index < -0.39 is 0 Å². The molecule has 1 amide bonds. The molecule has 5 nitrogen and oxygen atoms in total. The van der Waals surface area contributed by atoms with E-state index in [9.17, 15) is 9.59 Å². The third kappa shape index (κ3) is 4.03. The van der Waals surface area contributed by atoms with Gasteiger partial charge >= 0.3 is 0 Å². The van der Waals surface area contributed by atoms with Gasteiger partial charge in [-0.3, -0.25) is 9.59 Å². The summed E-state index contributed by atoms with van der Waals surface area (Å²) in [6, 6.07) is 16.0. The second kappa shape index (κ2) is 7.72. The molecule has 0 aliphatic heterocycles. The van der Waals surface area contributed by atoms with Crippen LogP contribution in [-0.4, -0.2) is 12.5 Å². The summed E-state index contributed by atoms with van der Waals surface area (Å²) < 4.78 is 12.3. The highest BCUT2D eigenvalue weighted by atomic mass is 79.9. The number of ether oxygens (including phenoxy) is 1.